The van der Waals surface area contributed by atoms with Crippen molar-refractivity contribution in [1.82, 2.24) is 10.6 Å². The molecule has 0 fully saturated rings. The number of aromatic carboxylic acids is 1. The molecule has 0 aliphatic rings. The van der Waals surface area contributed by atoms with E-state index in [0.717, 1.165) is 0 Å². The summed E-state index contributed by atoms with van der Waals surface area (Å²) < 4.78 is 9.34. The topological polar surface area (TPSA) is 118 Å². The van der Waals surface area contributed by atoms with Gasteiger partial charge in [0.25, 0.3) is 0 Å². The largest absolute Gasteiger partial charge is 0.475 e. The first-order valence-corrected chi connectivity index (χ1v) is 5.43. The van der Waals surface area contributed by atoms with Crippen molar-refractivity contribution >= 4 is 18.0 Å². The third kappa shape index (κ3) is 5.11. The Morgan fingerprint density at radius 2 is 2.05 bits per heavy atom. The summed E-state index contributed by atoms with van der Waals surface area (Å²) in [5, 5.41) is 13.5. The molecule has 0 spiro atoms. The number of amides is 2. The number of carboxylic acids is 1. The minimum Gasteiger partial charge on any atom is -0.475 e. The molecule has 19 heavy (non-hydrogen) atoms. The SMILES string of the molecule is COC(=O)CCNC(=O)NCc1ccc(C(=O)O)o1. The van der Waals surface area contributed by atoms with Gasteiger partial charge >= 0.3 is 18.0 Å². The number of methoxy groups -OCH3 is 1. The van der Waals surface area contributed by atoms with E-state index < -0.39 is 18.0 Å². The van der Waals surface area contributed by atoms with Gasteiger partial charge in [0, 0.05) is 6.54 Å². The highest BCUT2D eigenvalue weighted by molar-refractivity contribution is 5.84. The van der Waals surface area contributed by atoms with E-state index in [1.165, 1.54) is 19.2 Å². The van der Waals surface area contributed by atoms with Crippen molar-refractivity contribution in [1.29, 1.82) is 0 Å². The first kappa shape index (κ1) is 14.6. The van der Waals surface area contributed by atoms with Gasteiger partial charge in [-0.3, -0.25) is 4.79 Å². The zero-order chi connectivity index (χ0) is 14.3. The predicted octanol–water partition coefficient (Wildman–Crippen LogP) is 0.340. The molecule has 0 aliphatic heterocycles. The third-order valence-corrected chi connectivity index (χ3v) is 2.14. The van der Waals surface area contributed by atoms with Gasteiger partial charge in [0.2, 0.25) is 5.76 Å². The molecule has 3 N–H and O–H groups in total. The standard InChI is InChI=1S/C11H14N2O6/c1-18-9(14)4-5-12-11(17)13-6-7-2-3-8(19-7)10(15)16/h2-3H,4-6H2,1H3,(H,15,16)(H2,12,13,17). The Bertz CT molecular complexity index is 468. The smallest absolute Gasteiger partial charge is 0.371 e. The van der Waals surface area contributed by atoms with E-state index in [1.807, 2.05) is 0 Å². The Morgan fingerprint density at radius 1 is 1.32 bits per heavy atom. The first-order chi connectivity index (χ1) is 9.02. The van der Waals surface area contributed by atoms with Crippen LogP contribution in [0.1, 0.15) is 22.7 Å². The molecule has 8 nitrogen and oxygen atoms in total. The number of rotatable bonds is 6. The van der Waals surface area contributed by atoms with Crippen molar-refractivity contribution in [2.75, 3.05) is 13.7 Å². The number of nitrogens with one attached hydrogen (secondary N) is 2. The van der Waals surface area contributed by atoms with Gasteiger partial charge in [-0.25, -0.2) is 9.59 Å². The summed E-state index contributed by atoms with van der Waals surface area (Å²) in [6.07, 6.45) is 0.0772. The predicted molar refractivity (Wildman–Crippen MR) is 62.5 cm³/mol. The Morgan fingerprint density at radius 3 is 2.63 bits per heavy atom. The summed E-state index contributed by atoms with van der Waals surface area (Å²) in [7, 11) is 1.26. The van der Waals surface area contributed by atoms with Crippen LogP contribution in [0.25, 0.3) is 0 Å². The minimum absolute atomic E-state index is 0.0529. The number of urea groups is 1. The molecule has 0 bridgehead atoms. The molecule has 2 amide bonds. The lowest BCUT2D eigenvalue weighted by atomic mass is 10.4. The second-order valence-corrected chi connectivity index (χ2v) is 3.51. The molecule has 1 heterocycles. The maximum absolute atomic E-state index is 11.3. The number of esters is 1. The number of carboxylic acid groups (broad SMARTS) is 1. The van der Waals surface area contributed by atoms with Crippen molar-refractivity contribution in [3.63, 3.8) is 0 Å². The summed E-state index contributed by atoms with van der Waals surface area (Å²) in [5.74, 6) is -1.46. The second kappa shape index (κ2) is 7.04. The number of hydrogen-bond acceptors (Lipinski definition) is 5. The van der Waals surface area contributed by atoms with Crippen LogP contribution in [0.5, 0.6) is 0 Å². The van der Waals surface area contributed by atoms with Gasteiger partial charge < -0.3 is 24.9 Å². The van der Waals surface area contributed by atoms with Crippen LogP contribution in [0.2, 0.25) is 0 Å². The van der Waals surface area contributed by atoms with Crippen molar-refractivity contribution in [2.24, 2.45) is 0 Å². The average Bonchev–Trinajstić information content (AvgIpc) is 2.85. The monoisotopic (exact) mass is 270 g/mol. The molecule has 1 aromatic rings. The highest BCUT2D eigenvalue weighted by Gasteiger charge is 2.09. The molecule has 0 aromatic carbocycles. The van der Waals surface area contributed by atoms with Crippen molar-refractivity contribution < 1.29 is 28.6 Å². The molecule has 8 heteroatoms. The van der Waals surface area contributed by atoms with Crippen molar-refractivity contribution in [2.45, 2.75) is 13.0 Å². The first-order valence-electron chi connectivity index (χ1n) is 5.43. The van der Waals surface area contributed by atoms with Crippen LogP contribution in [0, 0.1) is 0 Å². The molecular formula is C11H14N2O6. The van der Waals surface area contributed by atoms with Gasteiger partial charge in [-0.15, -0.1) is 0 Å². The molecular weight excluding hydrogens is 256 g/mol. The number of carbonyl (C=O) groups excluding carboxylic acids is 2. The molecule has 0 atom stereocenters. The maximum Gasteiger partial charge on any atom is 0.371 e. The quantitative estimate of drug-likeness (QED) is 0.641. The van der Waals surface area contributed by atoms with Gasteiger partial charge in [-0.05, 0) is 12.1 Å². The summed E-state index contributed by atoms with van der Waals surface area (Å²) in [5.41, 5.74) is 0. The van der Waals surface area contributed by atoms with E-state index in [1.54, 1.807) is 0 Å². The normalized spacial score (nSPS) is 9.74. The van der Waals surface area contributed by atoms with E-state index >= 15 is 0 Å². The number of furan rings is 1. The summed E-state index contributed by atoms with van der Waals surface area (Å²) in [4.78, 5) is 32.6. The minimum atomic E-state index is -1.17. The van der Waals surface area contributed by atoms with E-state index in [-0.39, 0.29) is 25.3 Å². The van der Waals surface area contributed by atoms with Crippen LogP contribution in [0.3, 0.4) is 0 Å². The van der Waals surface area contributed by atoms with Gasteiger partial charge in [0.05, 0.1) is 20.1 Å². The Balaban J connectivity index is 2.26. The zero-order valence-corrected chi connectivity index (χ0v) is 10.3. The summed E-state index contributed by atoms with van der Waals surface area (Å²) >= 11 is 0. The molecule has 0 aliphatic carbocycles. The summed E-state index contributed by atoms with van der Waals surface area (Å²) in [6, 6.07) is 2.27. The van der Waals surface area contributed by atoms with Gasteiger partial charge in [0.15, 0.2) is 0 Å². The van der Waals surface area contributed by atoms with Gasteiger partial charge in [-0.1, -0.05) is 0 Å². The molecule has 0 unspecified atom stereocenters. The molecule has 104 valence electrons. The fourth-order valence-corrected chi connectivity index (χ4v) is 1.20. The van der Waals surface area contributed by atoms with Crippen molar-refractivity contribution in [3.8, 4) is 0 Å². The van der Waals surface area contributed by atoms with Crippen LogP contribution in [-0.4, -0.2) is 36.7 Å². The van der Waals surface area contributed by atoms with Crippen LogP contribution in [0.4, 0.5) is 4.79 Å². The molecule has 0 saturated heterocycles. The number of carbonyl (C=O) groups is 3. The van der Waals surface area contributed by atoms with Gasteiger partial charge in [0.1, 0.15) is 5.76 Å². The highest BCUT2D eigenvalue weighted by atomic mass is 16.5. The lowest BCUT2D eigenvalue weighted by Gasteiger charge is -2.05. The number of hydrogen-bond donors (Lipinski definition) is 3. The second-order valence-electron chi connectivity index (χ2n) is 3.51. The van der Waals surface area contributed by atoms with E-state index in [9.17, 15) is 14.4 Å². The average molecular weight is 270 g/mol. The number of ether oxygens (including phenoxy) is 1. The van der Waals surface area contributed by atoms with Crippen LogP contribution in [-0.2, 0) is 16.1 Å². The van der Waals surface area contributed by atoms with E-state index in [0.29, 0.717) is 5.76 Å². The molecule has 0 radical (unpaired) electrons. The van der Waals surface area contributed by atoms with E-state index in [2.05, 4.69) is 15.4 Å². The van der Waals surface area contributed by atoms with Crippen molar-refractivity contribution in [3.05, 3.63) is 23.7 Å². The zero-order valence-electron chi connectivity index (χ0n) is 10.3. The molecule has 1 aromatic heterocycles. The van der Waals surface area contributed by atoms with Gasteiger partial charge in [-0.2, -0.15) is 0 Å². The maximum atomic E-state index is 11.3. The Kier molecular flexibility index (Phi) is 5.39. The lowest BCUT2D eigenvalue weighted by Crippen LogP contribution is -2.36. The Labute approximate surface area is 108 Å². The van der Waals surface area contributed by atoms with Crippen LogP contribution < -0.4 is 10.6 Å². The van der Waals surface area contributed by atoms with Crippen LogP contribution >= 0.6 is 0 Å². The Hall–Kier alpha value is -2.51. The highest BCUT2D eigenvalue weighted by Crippen LogP contribution is 2.07. The lowest BCUT2D eigenvalue weighted by molar-refractivity contribution is -0.140. The fourth-order valence-electron chi connectivity index (χ4n) is 1.20. The fraction of sp³-hybridized carbons (Fsp3) is 0.364. The van der Waals surface area contributed by atoms with E-state index in [4.69, 9.17) is 9.52 Å². The molecule has 0 saturated carbocycles. The molecule has 1 rings (SSSR count). The third-order valence-electron chi connectivity index (χ3n) is 2.14. The van der Waals surface area contributed by atoms with Crippen LogP contribution in [0.15, 0.2) is 16.5 Å². The summed E-state index contributed by atoms with van der Waals surface area (Å²) in [6.45, 7) is 0.203.